The Morgan fingerprint density at radius 1 is 1.37 bits per heavy atom. The van der Waals surface area contributed by atoms with Gasteiger partial charge in [0.05, 0.1) is 5.02 Å². The number of benzene rings is 1. The lowest BCUT2D eigenvalue weighted by atomic mass is 10.2. The predicted molar refractivity (Wildman–Crippen MR) is 98.0 cm³/mol. The van der Waals surface area contributed by atoms with E-state index in [1.165, 1.54) is 14.0 Å². The zero-order valence-electron chi connectivity index (χ0n) is 15.3. The fraction of sp³-hybridized carbons (Fsp3) is 0.412. The summed E-state index contributed by atoms with van der Waals surface area (Å²) in [6.45, 7) is 5.30. The first-order valence-corrected chi connectivity index (χ1v) is 8.65. The van der Waals surface area contributed by atoms with Crippen LogP contribution in [0.25, 0.3) is 5.69 Å². The molecule has 1 heterocycles. The highest BCUT2D eigenvalue weighted by molar-refractivity contribution is 6.32. The molecule has 8 nitrogen and oxygen atoms in total. The molecule has 0 aliphatic rings. The maximum Gasteiger partial charge on any atom is 0.352 e. The number of carbonyl (C=O) groups excluding carboxylic acids is 1. The van der Waals surface area contributed by atoms with Crippen LogP contribution < -0.4 is 21.3 Å². The fourth-order valence-corrected chi connectivity index (χ4v) is 2.32. The molecule has 1 amide bonds. The average Bonchev–Trinajstić information content (AvgIpc) is 2.62. The minimum absolute atomic E-state index is 0.00224. The largest absolute Gasteiger partial charge is 0.479 e. The molecule has 2 unspecified atom stereocenters. The highest BCUT2D eigenvalue weighted by Gasteiger charge is 2.20. The van der Waals surface area contributed by atoms with Gasteiger partial charge in [-0.25, -0.2) is 9.18 Å². The molecule has 0 aliphatic carbocycles. The van der Waals surface area contributed by atoms with Gasteiger partial charge in [-0.05, 0) is 26.3 Å². The van der Waals surface area contributed by atoms with Crippen LogP contribution in [-0.4, -0.2) is 32.4 Å². The molecule has 10 heteroatoms. The summed E-state index contributed by atoms with van der Waals surface area (Å²) in [6, 6.07) is 2.07. The molecule has 1 N–H and O–H groups in total. The molecule has 1 aromatic heterocycles. The Hall–Kier alpha value is -2.68. The lowest BCUT2D eigenvalue weighted by Gasteiger charge is -2.19. The summed E-state index contributed by atoms with van der Waals surface area (Å²) in [4.78, 5) is 35.8. The lowest BCUT2D eigenvalue weighted by molar-refractivity contribution is -0.127. The number of nitrogens with zero attached hydrogens (tertiary/aromatic N) is 3. The third-order valence-corrected chi connectivity index (χ3v) is 4.28. The molecule has 2 atom stereocenters. The van der Waals surface area contributed by atoms with Crippen LogP contribution in [-0.2, 0) is 11.8 Å². The van der Waals surface area contributed by atoms with Gasteiger partial charge >= 0.3 is 5.69 Å². The van der Waals surface area contributed by atoms with E-state index in [1.807, 2.05) is 13.8 Å². The topological polar surface area (TPSA) is 95.2 Å². The van der Waals surface area contributed by atoms with Crippen LogP contribution in [0, 0.1) is 5.82 Å². The number of hydrogen-bond acceptors (Lipinski definition) is 5. The molecular weight excluding hydrogens is 379 g/mol. The van der Waals surface area contributed by atoms with E-state index in [2.05, 4.69) is 10.4 Å². The second kappa shape index (κ2) is 8.34. The Balaban J connectivity index is 2.40. The Morgan fingerprint density at radius 3 is 2.67 bits per heavy atom. The van der Waals surface area contributed by atoms with E-state index < -0.39 is 23.2 Å². The maximum absolute atomic E-state index is 14.3. The summed E-state index contributed by atoms with van der Waals surface area (Å²) in [6.07, 6.45) is 0.735. The van der Waals surface area contributed by atoms with Gasteiger partial charge in [-0.1, -0.05) is 18.5 Å². The molecule has 0 saturated heterocycles. The van der Waals surface area contributed by atoms with Crippen molar-refractivity contribution in [3.63, 3.8) is 0 Å². The second-order valence-electron chi connectivity index (χ2n) is 6.05. The van der Waals surface area contributed by atoms with Crippen molar-refractivity contribution >= 4 is 17.5 Å². The van der Waals surface area contributed by atoms with Crippen LogP contribution in [0.3, 0.4) is 0 Å². The quantitative estimate of drug-likeness (QED) is 0.793. The summed E-state index contributed by atoms with van der Waals surface area (Å²) in [7, 11) is 1.25. The zero-order valence-corrected chi connectivity index (χ0v) is 16.1. The van der Waals surface area contributed by atoms with Gasteiger partial charge in [0.2, 0.25) is 0 Å². The number of nitrogens with one attached hydrogen (secondary N) is 1. The normalized spacial score (nSPS) is 13.1. The SMILES string of the molecule is CCC(C)NC(=O)C(C)Oc1cc(-n2ncc(=O)n(C)c2=O)c(F)cc1Cl. The standard InChI is InChI=1S/C17H20ClFN4O4/c1-5-9(2)21-16(25)10(3)27-14-7-13(12(19)6-11(14)18)23-17(26)22(4)15(24)8-20-23/h6-10H,5H2,1-4H3,(H,21,25). The first kappa shape index (κ1) is 20.6. The Labute approximate surface area is 159 Å². The zero-order chi connectivity index (χ0) is 20.3. The van der Waals surface area contributed by atoms with Gasteiger partial charge in [0.25, 0.3) is 11.5 Å². The van der Waals surface area contributed by atoms with Crippen molar-refractivity contribution in [3.8, 4) is 11.4 Å². The Bertz CT molecular complexity index is 972. The molecule has 1 aromatic carbocycles. The highest BCUT2D eigenvalue weighted by Crippen LogP contribution is 2.29. The molecule has 0 fully saturated rings. The first-order valence-electron chi connectivity index (χ1n) is 8.27. The number of aromatic nitrogens is 3. The van der Waals surface area contributed by atoms with Crippen molar-refractivity contribution in [2.75, 3.05) is 0 Å². The molecule has 0 aliphatic heterocycles. The molecule has 146 valence electrons. The van der Waals surface area contributed by atoms with Crippen LogP contribution in [0.5, 0.6) is 5.75 Å². The third kappa shape index (κ3) is 4.54. The van der Waals surface area contributed by atoms with E-state index in [-0.39, 0.29) is 28.4 Å². The van der Waals surface area contributed by atoms with Gasteiger partial charge in [-0.15, -0.1) is 0 Å². The van der Waals surface area contributed by atoms with Gasteiger partial charge in [0.15, 0.2) is 11.9 Å². The van der Waals surface area contributed by atoms with Crippen LogP contribution in [0.15, 0.2) is 27.9 Å². The van der Waals surface area contributed by atoms with Crippen molar-refractivity contribution in [3.05, 3.63) is 50.0 Å². The summed E-state index contributed by atoms with van der Waals surface area (Å²) >= 11 is 6.01. The lowest BCUT2D eigenvalue weighted by Crippen LogP contribution is -2.41. The Morgan fingerprint density at radius 2 is 2.04 bits per heavy atom. The van der Waals surface area contributed by atoms with Gasteiger partial charge < -0.3 is 10.1 Å². The predicted octanol–water partition coefficient (Wildman–Crippen LogP) is 1.41. The summed E-state index contributed by atoms with van der Waals surface area (Å²) in [5, 5.41) is 6.35. The number of ether oxygens (including phenoxy) is 1. The number of rotatable bonds is 6. The van der Waals surface area contributed by atoms with Gasteiger partial charge in [-0.3, -0.25) is 14.2 Å². The molecule has 0 bridgehead atoms. The second-order valence-corrected chi connectivity index (χ2v) is 6.46. The number of halogens is 2. The van der Waals surface area contributed by atoms with Gasteiger partial charge in [-0.2, -0.15) is 9.78 Å². The highest BCUT2D eigenvalue weighted by atomic mass is 35.5. The van der Waals surface area contributed by atoms with Crippen molar-refractivity contribution < 1.29 is 13.9 Å². The van der Waals surface area contributed by atoms with Crippen molar-refractivity contribution in [2.45, 2.75) is 39.3 Å². The van der Waals surface area contributed by atoms with Crippen molar-refractivity contribution in [1.29, 1.82) is 0 Å². The molecule has 2 rings (SSSR count). The molecule has 0 saturated carbocycles. The third-order valence-electron chi connectivity index (χ3n) is 3.99. The number of carbonyl (C=O) groups is 1. The molecular formula is C17H20ClFN4O4. The van der Waals surface area contributed by atoms with E-state index in [0.717, 1.165) is 29.3 Å². The van der Waals surface area contributed by atoms with Crippen LogP contribution in [0.4, 0.5) is 4.39 Å². The van der Waals surface area contributed by atoms with E-state index in [0.29, 0.717) is 4.68 Å². The van der Waals surface area contributed by atoms with Gasteiger partial charge in [0.1, 0.15) is 17.6 Å². The van der Waals surface area contributed by atoms with Crippen LogP contribution in [0.2, 0.25) is 5.02 Å². The first-order chi connectivity index (χ1) is 12.6. The number of amides is 1. The van der Waals surface area contributed by atoms with E-state index in [1.54, 1.807) is 0 Å². The summed E-state index contributed by atoms with van der Waals surface area (Å²) in [5.41, 5.74) is -1.72. The smallest absolute Gasteiger partial charge is 0.352 e. The van der Waals surface area contributed by atoms with Crippen molar-refractivity contribution in [1.82, 2.24) is 19.7 Å². The Kier molecular flexibility index (Phi) is 6.37. The minimum Gasteiger partial charge on any atom is -0.479 e. The maximum atomic E-state index is 14.3. The molecule has 27 heavy (non-hydrogen) atoms. The van der Waals surface area contributed by atoms with Crippen LogP contribution >= 0.6 is 11.6 Å². The molecule has 2 aromatic rings. The van der Waals surface area contributed by atoms with E-state index in [4.69, 9.17) is 16.3 Å². The van der Waals surface area contributed by atoms with E-state index >= 15 is 0 Å². The average molecular weight is 399 g/mol. The minimum atomic E-state index is -0.903. The number of hydrogen-bond donors (Lipinski definition) is 1. The van der Waals surface area contributed by atoms with E-state index in [9.17, 15) is 18.8 Å². The molecule has 0 spiro atoms. The van der Waals surface area contributed by atoms with Gasteiger partial charge in [0, 0.05) is 19.2 Å². The summed E-state index contributed by atoms with van der Waals surface area (Å²) < 4.78 is 21.4. The van der Waals surface area contributed by atoms with Crippen LogP contribution in [0.1, 0.15) is 27.2 Å². The summed E-state index contributed by atoms with van der Waals surface area (Å²) in [5.74, 6) is -1.19. The van der Waals surface area contributed by atoms with Crippen molar-refractivity contribution in [2.24, 2.45) is 7.05 Å². The fourth-order valence-electron chi connectivity index (χ4n) is 2.12. The molecule has 0 radical (unpaired) electrons. The monoisotopic (exact) mass is 398 g/mol.